The predicted molar refractivity (Wildman–Crippen MR) is 85.0 cm³/mol. The number of aryl methyl sites for hydroxylation is 2. The van der Waals surface area contributed by atoms with Crippen molar-refractivity contribution in [3.8, 4) is 0 Å². The van der Waals surface area contributed by atoms with Crippen LogP contribution in [0.2, 0.25) is 0 Å². The third kappa shape index (κ3) is 3.54. The SMILES string of the molecule is Cc1ccc(C)c([C@H](C)N=Cc2ccccc2[N+](=O)[O-])c1. The Morgan fingerprint density at radius 3 is 2.62 bits per heavy atom. The Morgan fingerprint density at radius 2 is 1.90 bits per heavy atom. The third-order valence-corrected chi connectivity index (χ3v) is 3.46. The van der Waals surface area contributed by atoms with Crippen molar-refractivity contribution in [2.45, 2.75) is 26.8 Å². The topological polar surface area (TPSA) is 55.5 Å². The zero-order valence-corrected chi connectivity index (χ0v) is 12.4. The minimum absolute atomic E-state index is 0.0373. The fourth-order valence-corrected chi connectivity index (χ4v) is 2.25. The van der Waals surface area contributed by atoms with E-state index in [4.69, 9.17) is 0 Å². The van der Waals surface area contributed by atoms with Gasteiger partial charge < -0.3 is 0 Å². The molecule has 0 aliphatic carbocycles. The lowest BCUT2D eigenvalue weighted by atomic mass is 10.0. The van der Waals surface area contributed by atoms with Gasteiger partial charge in [-0.25, -0.2) is 0 Å². The number of benzene rings is 2. The maximum Gasteiger partial charge on any atom is 0.278 e. The monoisotopic (exact) mass is 282 g/mol. The number of hydrogen-bond acceptors (Lipinski definition) is 3. The number of nitrogens with zero attached hydrogens (tertiary/aromatic N) is 2. The lowest BCUT2D eigenvalue weighted by Gasteiger charge is -2.11. The first-order valence-electron chi connectivity index (χ1n) is 6.83. The van der Waals surface area contributed by atoms with Crippen molar-refractivity contribution in [2.75, 3.05) is 0 Å². The van der Waals surface area contributed by atoms with Crippen molar-refractivity contribution in [3.05, 3.63) is 74.8 Å². The Bertz CT molecular complexity index is 693. The molecule has 0 fully saturated rings. The summed E-state index contributed by atoms with van der Waals surface area (Å²) < 4.78 is 0. The summed E-state index contributed by atoms with van der Waals surface area (Å²) in [4.78, 5) is 15.1. The van der Waals surface area contributed by atoms with Gasteiger partial charge in [-0.1, -0.05) is 35.9 Å². The molecule has 21 heavy (non-hydrogen) atoms. The summed E-state index contributed by atoms with van der Waals surface area (Å²) in [7, 11) is 0. The van der Waals surface area contributed by atoms with E-state index in [1.165, 1.54) is 17.2 Å². The maximum absolute atomic E-state index is 11.0. The number of para-hydroxylation sites is 1. The highest BCUT2D eigenvalue weighted by Crippen LogP contribution is 2.23. The average molecular weight is 282 g/mol. The van der Waals surface area contributed by atoms with Gasteiger partial charge in [0.25, 0.3) is 5.69 Å². The highest BCUT2D eigenvalue weighted by atomic mass is 16.6. The Balaban J connectivity index is 2.29. The molecular formula is C17H18N2O2. The quantitative estimate of drug-likeness (QED) is 0.474. The van der Waals surface area contributed by atoms with Crippen LogP contribution in [-0.4, -0.2) is 11.1 Å². The fourth-order valence-electron chi connectivity index (χ4n) is 2.25. The highest BCUT2D eigenvalue weighted by molar-refractivity contribution is 5.85. The van der Waals surface area contributed by atoms with Gasteiger partial charge in [0.1, 0.15) is 0 Å². The second kappa shape index (κ2) is 6.31. The first-order chi connectivity index (χ1) is 9.99. The van der Waals surface area contributed by atoms with E-state index in [2.05, 4.69) is 23.2 Å². The molecule has 0 heterocycles. The molecule has 2 rings (SSSR count). The largest absolute Gasteiger partial charge is 0.285 e. The summed E-state index contributed by atoms with van der Waals surface area (Å²) in [6.07, 6.45) is 1.59. The van der Waals surface area contributed by atoms with E-state index in [0.717, 1.165) is 5.56 Å². The standard InChI is InChI=1S/C17H18N2O2/c1-12-8-9-13(2)16(10-12)14(3)18-11-15-6-4-5-7-17(15)19(20)21/h4-11,14H,1-3H3/t14-/m0/s1. The van der Waals surface area contributed by atoms with Gasteiger partial charge in [-0.05, 0) is 38.0 Å². The minimum atomic E-state index is -0.385. The molecule has 2 aromatic rings. The van der Waals surface area contributed by atoms with Crippen molar-refractivity contribution in [3.63, 3.8) is 0 Å². The second-order valence-electron chi connectivity index (χ2n) is 5.13. The van der Waals surface area contributed by atoms with Crippen molar-refractivity contribution in [1.29, 1.82) is 0 Å². The van der Waals surface area contributed by atoms with Gasteiger partial charge in [-0.2, -0.15) is 0 Å². The lowest BCUT2D eigenvalue weighted by molar-refractivity contribution is -0.385. The molecule has 0 spiro atoms. The van der Waals surface area contributed by atoms with Crippen molar-refractivity contribution < 1.29 is 4.92 Å². The first kappa shape index (κ1) is 14.9. The van der Waals surface area contributed by atoms with Crippen molar-refractivity contribution >= 4 is 11.9 Å². The van der Waals surface area contributed by atoms with E-state index in [0.29, 0.717) is 5.56 Å². The van der Waals surface area contributed by atoms with E-state index in [-0.39, 0.29) is 16.7 Å². The van der Waals surface area contributed by atoms with Crippen LogP contribution in [0.4, 0.5) is 5.69 Å². The molecule has 0 saturated carbocycles. The van der Waals surface area contributed by atoms with Crippen LogP contribution in [0.15, 0.2) is 47.5 Å². The molecule has 4 heteroatoms. The van der Waals surface area contributed by atoms with E-state index in [1.807, 2.05) is 20.8 Å². The molecule has 2 aromatic carbocycles. The average Bonchev–Trinajstić information content (AvgIpc) is 2.47. The zero-order valence-electron chi connectivity index (χ0n) is 12.4. The lowest BCUT2D eigenvalue weighted by Crippen LogP contribution is -1.97. The molecule has 0 aliphatic rings. The summed E-state index contributed by atoms with van der Waals surface area (Å²) in [5.41, 5.74) is 4.11. The van der Waals surface area contributed by atoms with E-state index < -0.39 is 0 Å². The molecule has 0 N–H and O–H groups in total. The van der Waals surface area contributed by atoms with Crippen LogP contribution in [0.5, 0.6) is 0 Å². The number of rotatable bonds is 4. The van der Waals surface area contributed by atoms with Crippen LogP contribution in [-0.2, 0) is 0 Å². The molecule has 0 aromatic heterocycles. The van der Waals surface area contributed by atoms with Crippen LogP contribution in [0, 0.1) is 24.0 Å². The smallest absolute Gasteiger partial charge is 0.278 e. The maximum atomic E-state index is 11.0. The molecule has 0 aliphatic heterocycles. The molecular weight excluding hydrogens is 264 g/mol. The summed E-state index contributed by atoms with van der Waals surface area (Å²) in [5.74, 6) is 0. The highest BCUT2D eigenvalue weighted by Gasteiger charge is 2.11. The van der Waals surface area contributed by atoms with Gasteiger partial charge >= 0.3 is 0 Å². The Hall–Kier alpha value is -2.49. The minimum Gasteiger partial charge on any atom is -0.285 e. The van der Waals surface area contributed by atoms with Gasteiger partial charge in [0.05, 0.1) is 16.5 Å². The van der Waals surface area contributed by atoms with Crippen LogP contribution < -0.4 is 0 Å². The summed E-state index contributed by atoms with van der Waals surface area (Å²) in [6.45, 7) is 6.08. The van der Waals surface area contributed by atoms with E-state index >= 15 is 0 Å². The predicted octanol–water partition coefficient (Wildman–Crippen LogP) is 4.39. The van der Waals surface area contributed by atoms with Gasteiger partial charge in [-0.3, -0.25) is 15.1 Å². The number of nitro groups is 1. The number of hydrogen-bond donors (Lipinski definition) is 0. The van der Waals surface area contributed by atoms with Crippen molar-refractivity contribution in [1.82, 2.24) is 0 Å². The second-order valence-corrected chi connectivity index (χ2v) is 5.13. The van der Waals surface area contributed by atoms with E-state index in [1.54, 1.807) is 24.4 Å². The normalized spacial score (nSPS) is 12.5. The first-order valence-corrected chi connectivity index (χ1v) is 6.83. The summed E-state index contributed by atoms with van der Waals surface area (Å²) in [5, 5.41) is 11.0. The molecule has 1 atom stereocenters. The summed E-state index contributed by atoms with van der Waals surface area (Å²) >= 11 is 0. The molecule has 0 saturated heterocycles. The van der Waals surface area contributed by atoms with Crippen LogP contribution in [0.25, 0.3) is 0 Å². The van der Waals surface area contributed by atoms with Gasteiger partial charge in [0, 0.05) is 12.3 Å². The van der Waals surface area contributed by atoms with Gasteiger partial charge in [0.15, 0.2) is 0 Å². The Kier molecular flexibility index (Phi) is 4.48. The van der Waals surface area contributed by atoms with E-state index in [9.17, 15) is 10.1 Å². The van der Waals surface area contributed by atoms with Gasteiger partial charge in [-0.15, -0.1) is 0 Å². The van der Waals surface area contributed by atoms with Crippen molar-refractivity contribution in [2.24, 2.45) is 4.99 Å². The zero-order chi connectivity index (χ0) is 15.4. The molecule has 0 amide bonds. The Labute approximate surface area is 124 Å². The molecule has 108 valence electrons. The summed E-state index contributed by atoms with van der Waals surface area (Å²) in [6, 6.07) is 12.8. The third-order valence-electron chi connectivity index (χ3n) is 3.46. The van der Waals surface area contributed by atoms with Gasteiger partial charge in [0.2, 0.25) is 0 Å². The van der Waals surface area contributed by atoms with Crippen LogP contribution >= 0.6 is 0 Å². The molecule has 0 bridgehead atoms. The molecule has 0 unspecified atom stereocenters. The number of aliphatic imine (C=N–C) groups is 1. The molecule has 0 radical (unpaired) electrons. The molecule has 4 nitrogen and oxygen atoms in total. The Morgan fingerprint density at radius 1 is 1.19 bits per heavy atom. The van der Waals surface area contributed by atoms with Crippen LogP contribution in [0.3, 0.4) is 0 Å². The fraction of sp³-hybridized carbons (Fsp3) is 0.235. The number of nitro benzene ring substituents is 1. The van der Waals surface area contributed by atoms with Crippen LogP contribution in [0.1, 0.15) is 35.2 Å².